The molecule has 0 aliphatic heterocycles. The van der Waals surface area contributed by atoms with Crippen molar-refractivity contribution in [1.29, 1.82) is 0 Å². The van der Waals surface area contributed by atoms with Gasteiger partial charge in [0.25, 0.3) is 0 Å². The van der Waals surface area contributed by atoms with E-state index in [0.717, 1.165) is 0 Å². The number of phenolic OH excluding ortho intramolecular Hbond substituents is 4. The van der Waals surface area contributed by atoms with Crippen molar-refractivity contribution < 1.29 is 20.4 Å². The SMILES string of the molecule is Oc1cccc(C=Nc2ccc(N=Cc3cccc(O)c3O)cc2)c1O. The van der Waals surface area contributed by atoms with Crippen LogP contribution in [0.3, 0.4) is 0 Å². The molecule has 4 N–H and O–H groups in total. The largest absolute Gasteiger partial charge is 0.504 e. The summed E-state index contributed by atoms with van der Waals surface area (Å²) in [5.41, 5.74) is 2.11. The molecule has 0 fully saturated rings. The second-order valence-corrected chi connectivity index (χ2v) is 5.46. The van der Waals surface area contributed by atoms with Crippen LogP contribution in [0, 0.1) is 0 Å². The standard InChI is InChI=1S/C20H16N2O4/c23-17-5-1-3-13(19(17)25)11-21-15-7-9-16(10-8-15)22-12-14-4-2-6-18(24)20(14)26/h1-12,23-26H. The molecule has 0 aromatic heterocycles. The molecule has 3 aromatic carbocycles. The molecular weight excluding hydrogens is 332 g/mol. The molecule has 3 aromatic rings. The maximum atomic E-state index is 9.74. The van der Waals surface area contributed by atoms with Crippen LogP contribution in [-0.2, 0) is 0 Å². The molecule has 0 atom stereocenters. The third-order valence-electron chi connectivity index (χ3n) is 3.65. The number of rotatable bonds is 4. The van der Waals surface area contributed by atoms with E-state index in [2.05, 4.69) is 9.98 Å². The van der Waals surface area contributed by atoms with Crippen molar-refractivity contribution in [2.45, 2.75) is 0 Å². The molecular formula is C20H16N2O4. The van der Waals surface area contributed by atoms with E-state index in [1.54, 1.807) is 48.5 Å². The number of phenols is 4. The summed E-state index contributed by atoms with van der Waals surface area (Å²) in [7, 11) is 0. The topological polar surface area (TPSA) is 106 Å². The van der Waals surface area contributed by atoms with Gasteiger partial charge in [-0.2, -0.15) is 0 Å². The highest BCUT2D eigenvalue weighted by Gasteiger charge is 2.04. The Balaban J connectivity index is 1.74. The van der Waals surface area contributed by atoms with E-state index in [1.807, 2.05) is 0 Å². The van der Waals surface area contributed by atoms with E-state index in [0.29, 0.717) is 22.5 Å². The van der Waals surface area contributed by atoms with Crippen LogP contribution < -0.4 is 0 Å². The number of para-hydroxylation sites is 2. The third kappa shape index (κ3) is 3.81. The Morgan fingerprint density at radius 2 is 0.923 bits per heavy atom. The minimum Gasteiger partial charge on any atom is -0.504 e. The van der Waals surface area contributed by atoms with Crippen LogP contribution in [0.15, 0.2) is 70.6 Å². The van der Waals surface area contributed by atoms with Gasteiger partial charge in [0.1, 0.15) is 0 Å². The highest BCUT2D eigenvalue weighted by atomic mass is 16.3. The number of aliphatic imine (C=N–C) groups is 2. The summed E-state index contributed by atoms with van der Waals surface area (Å²) < 4.78 is 0. The molecule has 6 nitrogen and oxygen atoms in total. The van der Waals surface area contributed by atoms with Crippen molar-refractivity contribution in [3.63, 3.8) is 0 Å². The Morgan fingerprint density at radius 3 is 1.31 bits per heavy atom. The van der Waals surface area contributed by atoms with Crippen molar-refractivity contribution in [1.82, 2.24) is 0 Å². The van der Waals surface area contributed by atoms with Crippen LogP contribution in [0.4, 0.5) is 11.4 Å². The summed E-state index contributed by atoms with van der Waals surface area (Å²) in [6.07, 6.45) is 2.91. The Morgan fingerprint density at radius 1 is 0.538 bits per heavy atom. The minimum absolute atomic E-state index is 0.200. The van der Waals surface area contributed by atoms with E-state index < -0.39 is 0 Å². The molecule has 0 aliphatic rings. The molecule has 0 amide bonds. The first-order valence-electron chi connectivity index (χ1n) is 7.74. The number of hydrogen-bond donors (Lipinski definition) is 4. The number of hydrogen-bond acceptors (Lipinski definition) is 6. The fraction of sp³-hybridized carbons (Fsp3) is 0. The van der Waals surface area contributed by atoms with Gasteiger partial charge in [0.2, 0.25) is 0 Å². The maximum Gasteiger partial charge on any atom is 0.166 e. The van der Waals surface area contributed by atoms with Gasteiger partial charge in [-0.15, -0.1) is 0 Å². The predicted octanol–water partition coefficient (Wildman–Crippen LogP) is 4.01. The lowest BCUT2D eigenvalue weighted by atomic mass is 10.2. The number of aromatic hydroxyl groups is 4. The average Bonchev–Trinajstić information content (AvgIpc) is 2.65. The van der Waals surface area contributed by atoms with Gasteiger partial charge in [-0.25, -0.2) is 0 Å². The summed E-state index contributed by atoms with van der Waals surface area (Å²) in [6, 6.07) is 16.3. The summed E-state index contributed by atoms with van der Waals surface area (Å²) >= 11 is 0. The molecule has 0 saturated heterocycles. The maximum absolute atomic E-state index is 9.74. The lowest BCUT2D eigenvalue weighted by Crippen LogP contribution is -1.82. The zero-order chi connectivity index (χ0) is 18.5. The van der Waals surface area contributed by atoms with Gasteiger partial charge >= 0.3 is 0 Å². The zero-order valence-electron chi connectivity index (χ0n) is 13.6. The molecule has 0 aliphatic carbocycles. The Hall–Kier alpha value is -3.80. The lowest BCUT2D eigenvalue weighted by molar-refractivity contribution is 0.403. The summed E-state index contributed by atoms with van der Waals surface area (Å²) in [4.78, 5) is 8.49. The first-order valence-corrected chi connectivity index (χ1v) is 7.74. The van der Waals surface area contributed by atoms with Crippen LogP contribution in [0.1, 0.15) is 11.1 Å². The first-order chi connectivity index (χ1) is 12.5. The van der Waals surface area contributed by atoms with Crippen molar-refractivity contribution in [3.05, 3.63) is 71.8 Å². The molecule has 0 radical (unpaired) electrons. The van der Waals surface area contributed by atoms with E-state index in [-0.39, 0.29) is 23.0 Å². The molecule has 0 heterocycles. The zero-order valence-corrected chi connectivity index (χ0v) is 13.6. The van der Waals surface area contributed by atoms with Crippen molar-refractivity contribution in [2.75, 3.05) is 0 Å². The second kappa shape index (κ2) is 7.40. The summed E-state index contributed by atoms with van der Waals surface area (Å²) in [5.74, 6) is -0.838. The van der Waals surface area contributed by atoms with E-state index in [9.17, 15) is 20.4 Å². The van der Waals surface area contributed by atoms with E-state index in [4.69, 9.17) is 0 Å². The molecule has 3 rings (SSSR count). The van der Waals surface area contributed by atoms with Gasteiger partial charge in [0, 0.05) is 23.6 Å². The van der Waals surface area contributed by atoms with Gasteiger partial charge in [0.15, 0.2) is 23.0 Å². The Bertz CT molecular complexity index is 899. The molecule has 0 spiro atoms. The Labute approximate surface area is 149 Å². The van der Waals surface area contributed by atoms with E-state index >= 15 is 0 Å². The Kier molecular flexibility index (Phi) is 4.85. The third-order valence-corrected chi connectivity index (χ3v) is 3.65. The molecule has 130 valence electrons. The van der Waals surface area contributed by atoms with Crippen molar-refractivity contribution in [2.24, 2.45) is 9.98 Å². The number of benzene rings is 3. The summed E-state index contributed by atoms with van der Waals surface area (Å²) in [6.45, 7) is 0. The van der Waals surface area contributed by atoms with Crippen LogP contribution in [0.2, 0.25) is 0 Å². The fourth-order valence-corrected chi connectivity index (χ4v) is 2.22. The smallest absolute Gasteiger partial charge is 0.166 e. The van der Waals surface area contributed by atoms with Gasteiger partial charge < -0.3 is 20.4 Å². The van der Waals surface area contributed by atoms with Gasteiger partial charge in [0.05, 0.1) is 11.4 Å². The second-order valence-electron chi connectivity index (χ2n) is 5.46. The molecule has 0 bridgehead atoms. The highest BCUT2D eigenvalue weighted by molar-refractivity contribution is 5.87. The quantitative estimate of drug-likeness (QED) is 0.422. The molecule has 0 saturated carbocycles. The van der Waals surface area contributed by atoms with Crippen molar-refractivity contribution in [3.8, 4) is 23.0 Å². The number of nitrogens with zero attached hydrogens (tertiary/aromatic N) is 2. The highest BCUT2D eigenvalue weighted by Crippen LogP contribution is 2.28. The van der Waals surface area contributed by atoms with Crippen LogP contribution >= 0.6 is 0 Å². The molecule has 26 heavy (non-hydrogen) atoms. The normalized spacial score (nSPS) is 11.4. The average molecular weight is 348 g/mol. The summed E-state index contributed by atoms with van der Waals surface area (Å²) in [5, 5.41) is 38.4. The molecule has 0 unspecified atom stereocenters. The minimum atomic E-state index is -0.219. The van der Waals surface area contributed by atoms with Crippen LogP contribution in [0.5, 0.6) is 23.0 Å². The lowest BCUT2D eigenvalue weighted by Gasteiger charge is -2.01. The monoisotopic (exact) mass is 348 g/mol. The van der Waals surface area contributed by atoms with Crippen LogP contribution in [-0.4, -0.2) is 32.9 Å². The predicted molar refractivity (Wildman–Crippen MR) is 100 cm³/mol. The van der Waals surface area contributed by atoms with E-state index in [1.165, 1.54) is 24.6 Å². The van der Waals surface area contributed by atoms with Crippen LogP contribution in [0.25, 0.3) is 0 Å². The van der Waals surface area contributed by atoms with Crippen molar-refractivity contribution >= 4 is 23.8 Å². The van der Waals surface area contributed by atoms with Gasteiger partial charge in [-0.3, -0.25) is 9.98 Å². The molecule has 6 heteroatoms. The fourth-order valence-electron chi connectivity index (χ4n) is 2.22. The van der Waals surface area contributed by atoms with Gasteiger partial charge in [-0.05, 0) is 48.5 Å². The van der Waals surface area contributed by atoms with Gasteiger partial charge in [-0.1, -0.05) is 12.1 Å². The first kappa shape index (κ1) is 17.0.